The number of halogens is 3. The number of hydrogen-bond donors (Lipinski definition) is 3. The summed E-state index contributed by atoms with van der Waals surface area (Å²) in [5, 5.41) is 16.4. The molecule has 200 valence electrons. The van der Waals surface area contributed by atoms with Gasteiger partial charge in [0.25, 0.3) is 11.8 Å². The zero-order valence-electron chi connectivity index (χ0n) is 20.3. The third kappa shape index (κ3) is 4.30. The van der Waals surface area contributed by atoms with Gasteiger partial charge in [0.2, 0.25) is 0 Å². The van der Waals surface area contributed by atoms with Crippen LogP contribution >= 0.6 is 0 Å². The summed E-state index contributed by atoms with van der Waals surface area (Å²) in [4.78, 5) is 32.1. The number of nitrogens with one attached hydrogen (secondary N) is 1. The number of fused-ring (bicyclic) bond motifs is 2. The molecule has 0 spiro atoms. The lowest BCUT2D eigenvalue weighted by molar-refractivity contribution is -0.274. The first-order chi connectivity index (χ1) is 18.0. The van der Waals surface area contributed by atoms with E-state index >= 15 is 0 Å². The summed E-state index contributed by atoms with van der Waals surface area (Å²) >= 11 is 0. The minimum Gasteiger partial charge on any atom is -0.405 e. The summed E-state index contributed by atoms with van der Waals surface area (Å²) in [7, 11) is 0. The van der Waals surface area contributed by atoms with Gasteiger partial charge in [-0.15, -0.1) is 18.3 Å². The van der Waals surface area contributed by atoms with E-state index in [1.807, 2.05) is 6.92 Å². The Morgan fingerprint density at radius 1 is 1.29 bits per heavy atom. The fraction of sp³-hybridized carbons (Fsp3) is 0.440. The monoisotopic (exact) mass is 530 g/mol. The molecule has 10 nitrogen and oxygen atoms in total. The van der Waals surface area contributed by atoms with Gasteiger partial charge in [-0.1, -0.05) is 0 Å². The number of benzene rings is 1. The predicted octanol–water partition coefficient (Wildman–Crippen LogP) is 2.88. The van der Waals surface area contributed by atoms with Crippen molar-refractivity contribution in [3.63, 3.8) is 0 Å². The molecule has 4 N–H and O–H groups in total. The van der Waals surface area contributed by atoms with Crippen LogP contribution in [-0.2, 0) is 6.54 Å². The van der Waals surface area contributed by atoms with Crippen molar-refractivity contribution in [3.8, 4) is 17.0 Å². The van der Waals surface area contributed by atoms with Crippen molar-refractivity contribution < 1.29 is 32.6 Å². The van der Waals surface area contributed by atoms with Crippen LogP contribution < -0.4 is 15.8 Å². The summed E-state index contributed by atoms with van der Waals surface area (Å²) in [6.45, 7) is 2.07. The number of nitrogens with zero attached hydrogens (tertiary/aromatic N) is 4. The van der Waals surface area contributed by atoms with Crippen molar-refractivity contribution in [1.29, 1.82) is 0 Å². The first-order valence-corrected chi connectivity index (χ1v) is 12.4. The molecular weight excluding hydrogens is 505 g/mol. The van der Waals surface area contributed by atoms with Crippen LogP contribution in [0.5, 0.6) is 5.75 Å². The third-order valence-electron chi connectivity index (χ3n) is 7.50. The topological polar surface area (TPSA) is 135 Å². The Balaban J connectivity index is 1.39. The lowest BCUT2D eigenvalue weighted by Crippen LogP contribution is -2.46. The van der Waals surface area contributed by atoms with Gasteiger partial charge in [-0.3, -0.25) is 9.59 Å². The fourth-order valence-electron chi connectivity index (χ4n) is 5.24. The number of carbonyl (C=O) groups excluding carboxylic acids is 2. The molecule has 1 atom stereocenters. The van der Waals surface area contributed by atoms with E-state index in [9.17, 15) is 27.9 Å². The smallest absolute Gasteiger partial charge is 0.405 e. The molecule has 1 aliphatic heterocycles. The van der Waals surface area contributed by atoms with Crippen LogP contribution in [0.2, 0.25) is 0 Å². The van der Waals surface area contributed by atoms with Gasteiger partial charge < -0.3 is 25.8 Å². The summed E-state index contributed by atoms with van der Waals surface area (Å²) in [6.07, 6.45) is -1.15. The molecule has 0 bridgehead atoms. The Hall–Kier alpha value is -3.87. The van der Waals surface area contributed by atoms with Gasteiger partial charge in [0, 0.05) is 30.4 Å². The second-order valence-electron chi connectivity index (χ2n) is 10.2. The van der Waals surface area contributed by atoms with E-state index in [2.05, 4.69) is 20.1 Å². The van der Waals surface area contributed by atoms with Gasteiger partial charge in [-0.05, 0) is 62.3 Å². The van der Waals surface area contributed by atoms with Crippen molar-refractivity contribution in [2.24, 2.45) is 5.92 Å². The zero-order valence-corrected chi connectivity index (χ0v) is 20.3. The molecule has 0 saturated heterocycles. The number of nitrogens with two attached hydrogens (primary N) is 1. The van der Waals surface area contributed by atoms with E-state index in [0.717, 1.165) is 18.9 Å². The molecular formula is C25H25F3N6O4. The van der Waals surface area contributed by atoms with Crippen LogP contribution in [0.1, 0.15) is 58.9 Å². The number of aliphatic hydroxyl groups is 1. The average molecular weight is 531 g/mol. The van der Waals surface area contributed by atoms with Crippen LogP contribution in [0.4, 0.5) is 19.0 Å². The van der Waals surface area contributed by atoms with E-state index in [0.29, 0.717) is 24.3 Å². The van der Waals surface area contributed by atoms with E-state index in [4.69, 9.17) is 5.73 Å². The molecule has 0 radical (unpaired) electrons. The molecule has 2 saturated carbocycles. The lowest BCUT2D eigenvalue weighted by Gasteiger charge is -2.31. The Kier molecular flexibility index (Phi) is 5.53. The minimum atomic E-state index is -5.00. The molecule has 2 fully saturated rings. The highest BCUT2D eigenvalue weighted by Crippen LogP contribution is 2.42. The van der Waals surface area contributed by atoms with E-state index in [-0.39, 0.29) is 52.5 Å². The predicted molar refractivity (Wildman–Crippen MR) is 128 cm³/mol. The highest BCUT2D eigenvalue weighted by atomic mass is 19.4. The van der Waals surface area contributed by atoms with Crippen molar-refractivity contribution in [2.45, 2.75) is 63.7 Å². The Morgan fingerprint density at radius 2 is 2.03 bits per heavy atom. The molecule has 1 unspecified atom stereocenters. The van der Waals surface area contributed by atoms with Gasteiger partial charge in [0.1, 0.15) is 11.3 Å². The molecule has 13 heteroatoms. The minimum absolute atomic E-state index is 0.0285. The Labute approximate surface area is 214 Å². The average Bonchev–Trinajstić information content (AvgIpc) is 3.53. The maximum Gasteiger partial charge on any atom is 0.573 e. The Morgan fingerprint density at radius 3 is 2.68 bits per heavy atom. The third-order valence-corrected chi connectivity index (χ3v) is 7.50. The number of alkyl halides is 3. The van der Waals surface area contributed by atoms with Gasteiger partial charge in [-0.2, -0.15) is 0 Å². The SMILES string of the molecule is CC(C1CC1)N1Cc2cc(-c3ccn4nc(N)c(C(=O)NC5CC(O)C5)c4n3)cc(OC(F)(F)F)c2C1=O. The van der Waals surface area contributed by atoms with Crippen LogP contribution in [0.15, 0.2) is 24.4 Å². The number of nitrogen functional groups attached to an aromatic ring is 1. The maximum atomic E-state index is 13.3. The van der Waals surface area contributed by atoms with Crippen LogP contribution in [0.3, 0.4) is 0 Å². The molecule has 3 heterocycles. The zero-order chi connectivity index (χ0) is 26.9. The quantitative estimate of drug-likeness (QED) is 0.446. The van der Waals surface area contributed by atoms with Gasteiger partial charge in [-0.25, -0.2) is 9.50 Å². The fourth-order valence-corrected chi connectivity index (χ4v) is 5.24. The number of hydrogen-bond acceptors (Lipinski definition) is 7. The number of carbonyl (C=O) groups is 2. The van der Waals surface area contributed by atoms with Crippen molar-refractivity contribution in [2.75, 3.05) is 5.73 Å². The van der Waals surface area contributed by atoms with Crippen LogP contribution in [-0.4, -0.2) is 61.0 Å². The maximum absolute atomic E-state index is 13.3. The first-order valence-electron chi connectivity index (χ1n) is 12.4. The van der Waals surface area contributed by atoms with Gasteiger partial charge >= 0.3 is 6.36 Å². The summed E-state index contributed by atoms with van der Waals surface area (Å²) in [5.41, 5.74) is 6.99. The molecule has 3 aliphatic rings. The van der Waals surface area contributed by atoms with E-state index in [1.54, 1.807) is 11.0 Å². The highest BCUT2D eigenvalue weighted by Gasteiger charge is 2.42. The number of anilines is 1. The summed E-state index contributed by atoms with van der Waals surface area (Å²) in [6, 6.07) is 4.00. The summed E-state index contributed by atoms with van der Waals surface area (Å²) < 4.78 is 45.6. The van der Waals surface area contributed by atoms with Crippen LogP contribution in [0.25, 0.3) is 16.9 Å². The van der Waals surface area contributed by atoms with E-state index in [1.165, 1.54) is 16.8 Å². The number of ether oxygens (including phenoxy) is 1. The van der Waals surface area contributed by atoms with Crippen molar-refractivity contribution in [1.82, 2.24) is 24.8 Å². The largest absolute Gasteiger partial charge is 0.573 e. The molecule has 1 aromatic carbocycles. The lowest BCUT2D eigenvalue weighted by atomic mass is 9.89. The molecule has 2 amide bonds. The highest BCUT2D eigenvalue weighted by molar-refractivity contribution is 6.05. The number of rotatable bonds is 6. The molecule has 38 heavy (non-hydrogen) atoms. The molecule has 2 aromatic heterocycles. The van der Waals surface area contributed by atoms with Crippen LogP contribution in [0, 0.1) is 5.92 Å². The number of aliphatic hydroxyl groups excluding tert-OH is 1. The first kappa shape index (κ1) is 24.5. The second kappa shape index (κ2) is 8.58. The molecule has 3 aromatic rings. The number of aromatic nitrogens is 3. The molecule has 2 aliphatic carbocycles. The van der Waals surface area contributed by atoms with E-state index < -0.39 is 30.0 Å². The summed E-state index contributed by atoms with van der Waals surface area (Å²) in [5.74, 6) is -1.31. The van der Waals surface area contributed by atoms with Gasteiger partial charge in [0.15, 0.2) is 11.5 Å². The molecule has 6 rings (SSSR count). The standard InChI is InChI=1S/C25H25F3N6O4/c1-11(12-2-3-12)33-10-14-6-13(7-18(19(14)24(33)37)38-25(26,27)28)17-4-5-34-22(31-17)20(21(29)32-34)23(36)30-15-8-16(35)9-15/h4-7,11-12,15-16,35H,2-3,8-10H2,1H3,(H2,29,32)(H,30,36). The second-order valence-corrected chi connectivity index (χ2v) is 10.2. The van der Waals surface area contributed by atoms with Crippen molar-refractivity contribution in [3.05, 3.63) is 41.1 Å². The van der Waals surface area contributed by atoms with Crippen molar-refractivity contribution >= 4 is 23.3 Å². The number of amides is 2. The normalized spacial score (nSPS) is 21.8. The van der Waals surface area contributed by atoms with Gasteiger partial charge in [0.05, 0.1) is 17.4 Å². The Bertz CT molecular complexity index is 1460.